The number of hydrogen-bond donors (Lipinski definition) is 0. The van der Waals surface area contributed by atoms with Crippen LogP contribution in [-0.4, -0.2) is 68.5 Å². The summed E-state index contributed by atoms with van der Waals surface area (Å²) in [5.74, 6) is 2.63. The molecule has 0 bridgehead atoms. The summed E-state index contributed by atoms with van der Waals surface area (Å²) >= 11 is 10.9. The lowest BCUT2D eigenvalue weighted by molar-refractivity contribution is 1.07. The molecule has 114 heavy (non-hydrogen) atoms. The number of hydrogen-bond acceptors (Lipinski definition) is 11. The van der Waals surface area contributed by atoms with Crippen molar-refractivity contribution < 1.29 is 0 Å². The van der Waals surface area contributed by atoms with Crippen molar-refractivity contribution in [2.75, 3.05) is 0 Å². The predicted octanol–water partition coefficient (Wildman–Crippen LogP) is 25.0. The van der Waals surface area contributed by atoms with Gasteiger partial charge in [0.05, 0.1) is 83.8 Å². The van der Waals surface area contributed by atoms with Crippen LogP contribution >= 0.6 is 47.8 Å². The molecule has 0 saturated heterocycles. The quantitative estimate of drug-likeness (QED) is 0.115. The average molecular weight is 1660 g/mol. The molecule has 0 amide bonds. The first-order chi connectivity index (χ1) is 56.2. The molecule has 0 radical (unpaired) electrons. The largest absolute Gasteiger partial charge is 0.308 e. The average Bonchev–Trinajstić information content (AvgIpc) is 1.60. The fraction of sp³-hybridized carbons (Fsp3) is 0. The van der Waals surface area contributed by atoms with Gasteiger partial charge in [-0.2, -0.15) is 0 Å². The summed E-state index contributed by atoms with van der Waals surface area (Å²) in [5, 5.41) is 3.36. The molecule has 0 spiro atoms. The predicted molar refractivity (Wildman–Crippen MR) is 470 cm³/mol. The maximum Gasteiger partial charge on any atom is 0.164 e. The van der Waals surface area contributed by atoms with E-state index in [9.17, 15) is 0 Å². The third-order valence-electron chi connectivity index (χ3n) is 19.9. The van der Waals surface area contributed by atoms with Gasteiger partial charge in [0.15, 0.2) is 23.3 Å². The molecular weight excluding hydrogens is 1600 g/mol. The number of benzene rings is 10. The summed E-state index contributed by atoms with van der Waals surface area (Å²) in [5.41, 5.74) is 25.7. The molecule has 0 unspecified atom stereocenters. The molecule has 11 heterocycles. The first kappa shape index (κ1) is 70.4. The van der Waals surface area contributed by atoms with Crippen LogP contribution in [0.4, 0.5) is 0 Å². The Hall–Kier alpha value is -14.0. The van der Waals surface area contributed by atoms with Gasteiger partial charge in [-0.05, 0) is 205 Å². The van der Waals surface area contributed by atoms with Crippen LogP contribution in [0, 0.1) is 0 Å². The first-order valence-corrected chi connectivity index (χ1v) is 39.3. The molecule has 14 nitrogen and oxygen atoms in total. The second kappa shape index (κ2) is 31.1. The van der Waals surface area contributed by atoms with Crippen molar-refractivity contribution >= 4 is 114 Å². The Morgan fingerprint density at radius 3 is 0.912 bits per heavy atom. The molecule has 540 valence electrons. The Balaban J connectivity index is 0.000000115. The van der Waals surface area contributed by atoms with Crippen LogP contribution < -0.4 is 0 Å². The van der Waals surface area contributed by atoms with Gasteiger partial charge in [-0.25, -0.2) is 29.9 Å². The number of aromatic nitrogens is 14. The smallest absolute Gasteiger partial charge is 0.164 e. The molecule has 0 aliphatic rings. The molecule has 0 aliphatic carbocycles. The molecule has 0 N–H and O–H groups in total. The van der Waals surface area contributed by atoms with Crippen molar-refractivity contribution in [2.24, 2.45) is 0 Å². The van der Waals surface area contributed by atoms with Crippen molar-refractivity contribution in [3.8, 4) is 119 Å². The van der Waals surface area contributed by atoms with E-state index in [0.29, 0.717) is 23.3 Å². The maximum atomic E-state index is 4.97. The topological polar surface area (TPSA) is 157 Å². The van der Waals surface area contributed by atoms with Gasteiger partial charge in [0.25, 0.3) is 0 Å². The highest BCUT2D eigenvalue weighted by Gasteiger charge is 2.21. The van der Waals surface area contributed by atoms with Crippen LogP contribution in [0.2, 0.25) is 0 Å². The standard InChI is InChI=1S/C33H21BrN4.2C32H20BrN5/c34-25-15-18-27-31(20-25)38(30-12-7-19-35-32(27)30)26-16-13-24(14-17-26)33-36-28(22-8-3-1-4-9-22)21-29(37-33)23-10-5-2-6-11-23;33-23-12-13-25-31(20-23)38(30-11-6-16-36-32(25)30)24-8-5-7-21(17-24)22-18-28(26-9-1-3-14-34-26)37-29(19-22)27-10-2-4-15-35-27;33-24-15-18-26-28(20-24)38(27-12-7-19-34-29(26)27)25-16-13-23(14-17-25)32-36-30(21-8-3-1-4-9-21)35-31(37-32)22-10-5-2-6-11-22/h1-21H;2*1-20H. The Morgan fingerprint density at radius 1 is 0.184 bits per heavy atom. The van der Waals surface area contributed by atoms with E-state index in [1.807, 2.05) is 170 Å². The molecule has 0 saturated carbocycles. The number of pyridine rings is 6. The highest BCUT2D eigenvalue weighted by Crippen LogP contribution is 2.39. The summed E-state index contributed by atoms with van der Waals surface area (Å²) in [6.45, 7) is 0. The van der Waals surface area contributed by atoms with Gasteiger partial charge in [0.2, 0.25) is 0 Å². The Labute approximate surface area is 680 Å². The molecule has 11 aromatic heterocycles. The number of nitrogens with zero attached hydrogens (tertiary/aromatic N) is 14. The summed E-state index contributed by atoms with van der Waals surface area (Å²) < 4.78 is 9.85. The van der Waals surface area contributed by atoms with E-state index < -0.39 is 0 Å². The Kier molecular flexibility index (Phi) is 19.2. The van der Waals surface area contributed by atoms with Gasteiger partial charge in [0.1, 0.15) is 0 Å². The summed E-state index contributed by atoms with van der Waals surface area (Å²) in [6.07, 6.45) is 9.11. The van der Waals surface area contributed by atoms with Crippen LogP contribution in [0.15, 0.2) is 384 Å². The van der Waals surface area contributed by atoms with Gasteiger partial charge in [0, 0.05) is 111 Å². The van der Waals surface area contributed by atoms with E-state index >= 15 is 0 Å². The molecule has 21 aromatic rings. The minimum absolute atomic E-state index is 0.635. The fourth-order valence-electron chi connectivity index (χ4n) is 14.6. The minimum atomic E-state index is 0.635. The number of fused-ring (bicyclic) bond motifs is 9. The summed E-state index contributed by atoms with van der Waals surface area (Å²) in [7, 11) is 0. The number of rotatable bonds is 12. The summed E-state index contributed by atoms with van der Waals surface area (Å²) in [6, 6.07) is 115. The van der Waals surface area contributed by atoms with Gasteiger partial charge in [-0.15, -0.1) is 0 Å². The second-order valence-corrected chi connectivity index (χ2v) is 29.8. The van der Waals surface area contributed by atoms with Crippen LogP contribution in [0.25, 0.3) is 185 Å². The molecule has 10 aromatic carbocycles. The lowest BCUT2D eigenvalue weighted by Crippen LogP contribution is -2.00. The number of halogens is 3. The maximum absolute atomic E-state index is 4.97. The lowest BCUT2D eigenvalue weighted by Gasteiger charge is -2.12. The van der Waals surface area contributed by atoms with Crippen LogP contribution in [-0.2, 0) is 0 Å². The van der Waals surface area contributed by atoms with Gasteiger partial charge in [-0.3, -0.25) is 24.9 Å². The van der Waals surface area contributed by atoms with E-state index in [0.717, 1.165) is 175 Å². The van der Waals surface area contributed by atoms with Crippen molar-refractivity contribution in [3.63, 3.8) is 0 Å². The van der Waals surface area contributed by atoms with Gasteiger partial charge < -0.3 is 13.7 Å². The normalized spacial score (nSPS) is 11.3. The van der Waals surface area contributed by atoms with E-state index in [1.165, 1.54) is 0 Å². The molecule has 17 heteroatoms. The van der Waals surface area contributed by atoms with E-state index in [-0.39, 0.29) is 0 Å². The van der Waals surface area contributed by atoms with E-state index in [2.05, 4.69) is 269 Å². The van der Waals surface area contributed by atoms with Crippen molar-refractivity contribution in [1.82, 2.24) is 68.5 Å². The van der Waals surface area contributed by atoms with Crippen molar-refractivity contribution in [1.29, 1.82) is 0 Å². The molecule has 0 fully saturated rings. The van der Waals surface area contributed by atoms with E-state index in [4.69, 9.17) is 34.9 Å². The molecule has 21 rings (SSSR count). The second-order valence-electron chi connectivity index (χ2n) is 27.0. The summed E-state index contributed by atoms with van der Waals surface area (Å²) in [4.78, 5) is 52.5. The zero-order valence-electron chi connectivity index (χ0n) is 60.6. The minimum Gasteiger partial charge on any atom is -0.308 e. The van der Waals surface area contributed by atoms with Crippen LogP contribution in [0.1, 0.15) is 0 Å². The third-order valence-corrected chi connectivity index (χ3v) is 21.4. The monoisotopic (exact) mass is 1660 g/mol. The Bertz CT molecular complexity index is 6660. The van der Waals surface area contributed by atoms with Gasteiger partial charge >= 0.3 is 0 Å². The van der Waals surface area contributed by atoms with Crippen molar-refractivity contribution in [2.45, 2.75) is 0 Å². The highest BCUT2D eigenvalue weighted by molar-refractivity contribution is 9.11. The molecular formula is C97H61Br3N14. The lowest BCUT2D eigenvalue weighted by atomic mass is 10.0. The highest BCUT2D eigenvalue weighted by atomic mass is 79.9. The zero-order valence-corrected chi connectivity index (χ0v) is 65.4. The van der Waals surface area contributed by atoms with Crippen molar-refractivity contribution in [3.05, 3.63) is 384 Å². The van der Waals surface area contributed by atoms with Gasteiger partial charge in [-0.1, -0.05) is 193 Å². The third kappa shape index (κ3) is 14.1. The van der Waals surface area contributed by atoms with E-state index in [1.54, 1.807) is 12.4 Å². The first-order valence-electron chi connectivity index (χ1n) is 36.9. The SMILES string of the molecule is Brc1ccc2c3ncccc3n(-c3ccc(-c4nc(-c5ccccc5)cc(-c5ccccc5)n4)cc3)c2c1.Brc1ccc2c3ncccc3n(-c3ccc(-c4nc(-c5ccccc5)nc(-c5ccccc5)n4)cc3)c2c1.Brc1ccc2c3ncccc3n(-c3cccc(-c4cc(-c5ccccn5)nc(-c5ccccn5)c4)c3)c2c1. The van der Waals surface area contributed by atoms with Crippen LogP contribution in [0.5, 0.6) is 0 Å². The molecule has 0 aliphatic heterocycles. The Morgan fingerprint density at radius 2 is 0.526 bits per heavy atom. The zero-order chi connectivity index (χ0) is 76.4. The molecule has 0 atom stereocenters. The fourth-order valence-corrected chi connectivity index (χ4v) is 15.7. The van der Waals surface area contributed by atoms with Crippen LogP contribution in [0.3, 0.4) is 0 Å².